The Hall–Kier alpha value is -1.02. The molecule has 0 saturated carbocycles. The second-order valence-electron chi connectivity index (χ2n) is 5.20. The standard InChI is InChI=1S/C15H25NO/c1-11(2)9-12(3)16-13(4)14-7-6-8-15(10-14)17-5/h6-8,10-13,16H,9H2,1-5H3/t12?,13-/m1/s1. The Bertz CT molecular complexity index is 335. The Kier molecular flexibility index (Phi) is 5.49. The van der Waals surface area contributed by atoms with Crippen LogP contribution >= 0.6 is 0 Å². The van der Waals surface area contributed by atoms with Crippen LogP contribution in [0.1, 0.15) is 45.7 Å². The van der Waals surface area contributed by atoms with E-state index in [0.29, 0.717) is 12.1 Å². The summed E-state index contributed by atoms with van der Waals surface area (Å²) in [5, 5.41) is 3.62. The van der Waals surface area contributed by atoms with Gasteiger partial charge >= 0.3 is 0 Å². The van der Waals surface area contributed by atoms with Gasteiger partial charge in [0.2, 0.25) is 0 Å². The average Bonchev–Trinajstić information content (AvgIpc) is 2.27. The molecular weight excluding hydrogens is 210 g/mol. The molecule has 0 saturated heterocycles. The van der Waals surface area contributed by atoms with Crippen LogP contribution in [0.15, 0.2) is 24.3 Å². The van der Waals surface area contributed by atoms with Crippen molar-refractivity contribution >= 4 is 0 Å². The van der Waals surface area contributed by atoms with Gasteiger partial charge in [-0.1, -0.05) is 26.0 Å². The summed E-state index contributed by atoms with van der Waals surface area (Å²) in [6, 6.07) is 9.16. The molecule has 1 aromatic carbocycles. The molecule has 0 aliphatic heterocycles. The van der Waals surface area contributed by atoms with E-state index in [-0.39, 0.29) is 0 Å². The predicted molar refractivity (Wildman–Crippen MR) is 73.5 cm³/mol. The largest absolute Gasteiger partial charge is 0.497 e. The summed E-state index contributed by atoms with van der Waals surface area (Å²) in [6.07, 6.45) is 1.20. The van der Waals surface area contributed by atoms with E-state index in [1.54, 1.807) is 7.11 Å². The maximum atomic E-state index is 5.25. The van der Waals surface area contributed by atoms with Gasteiger partial charge in [0, 0.05) is 12.1 Å². The summed E-state index contributed by atoms with van der Waals surface area (Å²) in [6.45, 7) is 8.96. The molecule has 0 radical (unpaired) electrons. The molecule has 0 aromatic heterocycles. The minimum absolute atomic E-state index is 0.360. The van der Waals surface area contributed by atoms with Crippen molar-refractivity contribution in [3.05, 3.63) is 29.8 Å². The molecule has 0 bridgehead atoms. The van der Waals surface area contributed by atoms with Crippen molar-refractivity contribution in [3.63, 3.8) is 0 Å². The van der Waals surface area contributed by atoms with Gasteiger partial charge in [-0.15, -0.1) is 0 Å². The van der Waals surface area contributed by atoms with Crippen molar-refractivity contribution in [1.82, 2.24) is 5.32 Å². The smallest absolute Gasteiger partial charge is 0.119 e. The number of rotatable bonds is 6. The van der Waals surface area contributed by atoms with Crippen molar-refractivity contribution in [2.45, 2.75) is 46.2 Å². The van der Waals surface area contributed by atoms with Crippen LogP contribution < -0.4 is 10.1 Å². The lowest BCUT2D eigenvalue weighted by Crippen LogP contribution is -2.30. The first-order valence-corrected chi connectivity index (χ1v) is 6.43. The second-order valence-corrected chi connectivity index (χ2v) is 5.20. The minimum atomic E-state index is 0.360. The molecule has 0 spiro atoms. The quantitative estimate of drug-likeness (QED) is 0.810. The Labute approximate surface area is 105 Å². The lowest BCUT2D eigenvalue weighted by atomic mass is 10.0. The van der Waals surface area contributed by atoms with Gasteiger partial charge in [-0.3, -0.25) is 0 Å². The van der Waals surface area contributed by atoms with Crippen LogP contribution in [-0.2, 0) is 0 Å². The summed E-state index contributed by atoms with van der Waals surface area (Å²) in [5.74, 6) is 1.66. The van der Waals surface area contributed by atoms with E-state index in [0.717, 1.165) is 11.7 Å². The molecule has 1 unspecified atom stereocenters. The van der Waals surface area contributed by atoms with Crippen LogP contribution in [0.5, 0.6) is 5.75 Å². The molecule has 0 fully saturated rings. The molecule has 0 aliphatic carbocycles. The molecule has 2 nitrogen and oxygen atoms in total. The Morgan fingerprint density at radius 2 is 1.88 bits per heavy atom. The highest BCUT2D eigenvalue weighted by atomic mass is 16.5. The molecule has 1 rings (SSSR count). The molecular formula is C15H25NO. The van der Waals surface area contributed by atoms with Crippen molar-refractivity contribution < 1.29 is 4.74 Å². The van der Waals surface area contributed by atoms with E-state index < -0.39 is 0 Å². The van der Waals surface area contributed by atoms with E-state index in [2.05, 4.69) is 45.1 Å². The van der Waals surface area contributed by atoms with E-state index in [9.17, 15) is 0 Å². The van der Waals surface area contributed by atoms with Crippen molar-refractivity contribution in [3.8, 4) is 5.75 Å². The zero-order valence-corrected chi connectivity index (χ0v) is 11.7. The highest BCUT2D eigenvalue weighted by Gasteiger charge is 2.11. The minimum Gasteiger partial charge on any atom is -0.497 e. The molecule has 0 heterocycles. The van der Waals surface area contributed by atoms with E-state index >= 15 is 0 Å². The maximum absolute atomic E-state index is 5.25. The first-order chi connectivity index (χ1) is 8.02. The van der Waals surface area contributed by atoms with Crippen LogP contribution in [0.2, 0.25) is 0 Å². The topological polar surface area (TPSA) is 21.3 Å². The second kappa shape index (κ2) is 6.65. The van der Waals surface area contributed by atoms with Crippen LogP contribution in [0, 0.1) is 5.92 Å². The average molecular weight is 235 g/mol. The molecule has 0 amide bonds. The number of nitrogens with one attached hydrogen (secondary N) is 1. The fourth-order valence-corrected chi connectivity index (χ4v) is 2.21. The summed E-state index contributed by atoms with van der Waals surface area (Å²) in [7, 11) is 1.71. The number of hydrogen-bond acceptors (Lipinski definition) is 2. The van der Waals surface area contributed by atoms with Gasteiger partial charge in [-0.05, 0) is 43.9 Å². The number of benzene rings is 1. The first kappa shape index (κ1) is 14.0. The van der Waals surface area contributed by atoms with Gasteiger partial charge in [-0.25, -0.2) is 0 Å². The maximum Gasteiger partial charge on any atom is 0.119 e. The number of hydrogen-bond donors (Lipinski definition) is 1. The summed E-state index contributed by atoms with van der Waals surface area (Å²) in [4.78, 5) is 0. The number of methoxy groups -OCH3 is 1. The third-order valence-electron chi connectivity index (χ3n) is 2.95. The highest BCUT2D eigenvalue weighted by molar-refractivity contribution is 5.30. The lowest BCUT2D eigenvalue weighted by Gasteiger charge is -2.22. The fraction of sp³-hybridized carbons (Fsp3) is 0.600. The highest BCUT2D eigenvalue weighted by Crippen LogP contribution is 2.19. The summed E-state index contributed by atoms with van der Waals surface area (Å²) >= 11 is 0. The zero-order valence-electron chi connectivity index (χ0n) is 11.7. The van der Waals surface area contributed by atoms with E-state index in [1.165, 1.54) is 12.0 Å². The molecule has 0 aliphatic rings. The molecule has 1 aromatic rings. The number of ether oxygens (including phenoxy) is 1. The van der Waals surface area contributed by atoms with Crippen molar-refractivity contribution in [2.24, 2.45) is 5.92 Å². The van der Waals surface area contributed by atoms with Gasteiger partial charge in [0.05, 0.1) is 7.11 Å². The van der Waals surface area contributed by atoms with Crippen LogP contribution in [0.3, 0.4) is 0 Å². The molecule has 17 heavy (non-hydrogen) atoms. The van der Waals surface area contributed by atoms with Crippen LogP contribution in [0.25, 0.3) is 0 Å². The molecule has 2 heteroatoms. The van der Waals surface area contributed by atoms with Crippen LogP contribution in [-0.4, -0.2) is 13.2 Å². The Morgan fingerprint density at radius 1 is 1.18 bits per heavy atom. The van der Waals surface area contributed by atoms with Crippen molar-refractivity contribution in [2.75, 3.05) is 7.11 Å². The fourth-order valence-electron chi connectivity index (χ4n) is 2.21. The third-order valence-corrected chi connectivity index (χ3v) is 2.95. The normalized spacial score (nSPS) is 14.7. The zero-order chi connectivity index (χ0) is 12.8. The third kappa shape index (κ3) is 4.78. The predicted octanol–water partition coefficient (Wildman–Crippen LogP) is 3.78. The van der Waals surface area contributed by atoms with Crippen molar-refractivity contribution in [1.29, 1.82) is 0 Å². The summed E-state index contributed by atoms with van der Waals surface area (Å²) in [5.41, 5.74) is 1.28. The van der Waals surface area contributed by atoms with Gasteiger partial charge in [0.15, 0.2) is 0 Å². The van der Waals surface area contributed by atoms with E-state index in [1.807, 2.05) is 12.1 Å². The molecule has 96 valence electrons. The molecule has 1 N–H and O–H groups in total. The monoisotopic (exact) mass is 235 g/mol. The van der Waals surface area contributed by atoms with Crippen LogP contribution in [0.4, 0.5) is 0 Å². The van der Waals surface area contributed by atoms with E-state index in [4.69, 9.17) is 4.74 Å². The SMILES string of the molecule is COc1cccc([C@@H](C)NC(C)CC(C)C)c1. The van der Waals surface area contributed by atoms with Gasteiger partial charge < -0.3 is 10.1 Å². The Balaban J connectivity index is 2.59. The molecule has 2 atom stereocenters. The van der Waals surface area contributed by atoms with Gasteiger partial charge in [-0.2, -0.15) is 0 Å². The Morgan fingerprint density at radius 3 is 2.47 bits per heavy atom. The first-order valence-electron chi connectivity index (χ1n) is 6.43. The lowest BCUT2D eigenvalue weighted by molar-refractivity contribution is 0.400. The van der Waals surface area contributed by atoms with Gasteiger partial charge in [0.1, 0.15) is 5.75 Å². The van der Waals surface area contributed by atoms with Gasteiger partial charge in [0.25, 0.3) is 0 Å². The summed E-state index contributed by atoms with van der Waals surface area (Å²) < 4.78 is 5.25.